The van der Waals surface area contributed by atoms with Crippen LogP contribution in [0.25, 0.3) is 10.4 Å². The number of rotatable bonds is 6. The SMILES string of the molecule is Cc1ccc2c(c1)Oc1cc(N=[N+]=[N-])ccc1C21OC(=O)c2cc(C(=O)N(CC(=O)O)CC(=O)O)ccc21. The van der Waals surface area contributed by atoms with Gasteiger partial charge in [-0.2, -0.15) is 0 Å². The van der Waals surface area contributed by atoms with Crippen molar-refractivity contribution < 1.29 is 38.9 Å². The Bertz CT molecular complexity index is 1590. The van der Waals surface area contributed by atoms with Crippen LogP contribution in [0.2, 0.25) is 0 Å². The summed E-state index contributed by atoms with van der Waals surface area (Å²) in [4.78, 5) is 52.1. The Morgan fingerprint density at radius 3 is 2.24 bits per heavy atom. The number of carbonyl (C=O) groups is 4. The molecule has 3 aromatic carbocycles. The van der Waals surface area contributed by atoms with E-state index in [1.54, 1.807) is 24.3 Å². The number of carboxylic acids is 2. The Morgan fingerprint density at radius 1 is 0.947 bits per heavy atom. The monoisotopic (exact) mass is 514 g/mol. The molecule has 2 heterocycles. The molecule has 0 aliphatic carbocycles. The van der Waals surface area contributed by atoms with Crippen molar-refractivity contribution >= 4 is 29.5 Å². The molecule has 2 aliphatic rings. The second-order valence-corrected chi connectivity index (χ2v) is 8.75. The molecular weight excluding hydrogens is 496 g/mol. The van der Waals surface area contributed by atoms with Gasteiger partial charge in [0.2, 0.25) is 0 Å². The molecule has 0 fully saturated rings. The van der Waals surface area contributed by atoms with Crippen molar-refractivity contribution in [3.63, 3.8) is 0 Å². The smallest absolute Gasteiger partial charge is 0.340 e. The van der Waals surface area contributed by atoms with Crippen molar-refractivity contribution in [2.24, 2.45) is 5.11 Å². The third-order valence-corrected chi connectivity index (χ3v) is 6.29. The van der Waals surface area contributed by atoms with Gasteiger partial charge in [-0.3, -0.25) is 14.4 Å². The van der Waals surface area contributed by atoms with Crippen LogP contribution in [0, 0.1) is 6.92 Å². The van der Waals surface area contributed by atoms with Gasteiger partial charge >= 0.3 is 17.9 Å². The van der Waals surface area contributed by atoms with E-state index in [1.807, 2.05) is 13.0 Å². The molecule has 0 saturated heterocycles. The normalized spacial score (nSPS) is 16.3. The minimum Gasteiger partial charge on any atom is -0.480 e. The minimum absolute atomic E-state index is 0.0555. The zero-order valence-electron chi connectivity index (χ0n) is 19.7. The number of amides is 1. The third-order valence-electron chi connectivity index (χ3n) is 6.29. The Morgan fingerprint density at radius 2 is 1.58 bits per heavy atom. The molecule has 0 saturated carbocycles. The molecule has 0 radical (unpaired) electrons. The van der Waals surface area contributed by atoms with Gasteiger partial charge in [0.1, 0.15) is 24.6 Å². The first kappa shape index (κ1) is 24.3. The number of ether oxygens (including phenoxy) is 2. The van der Waals surface area contributed by atoms with Gasteiger partial charge in [0, 0.05) is 32.9 Å². The Balaban J connectivity index is 1.68. The second kappa shape index (κ2) is 8.95. The quantitative estimate of drug-likeness (QED) is 0.213. The van der Waals surface area contributed by atoms with E-state index in [9.17, 15) is 19.2 Å². The van der Waals surface area contributed by atoms with Crippen LogP contribution in [0.4, 0.5) is 5.69 Å². The summed E-state index contributed by atoms with van der Waals surface area (Å²) < 4.78 is 12.1. The molecule has 38 heavy (non-hydrogen) atoms. The number of fused-ring (bicyclic) bond motifs is 6. The molecule has 5 rings (SSSR count). The summed E-state index contributed by atoms with van der Waals surface area (Å²) in [6, 6.07) is 14.3. The average Bonchev–Trinajstić information content (AvgIpc) is 3.14. The molecule has 3 aromatic rings. The Kier molecular flexibility index (Phi) is 5.73. The summed E-state index contributed by atoms with van der Waals surface area (Å²) in [7, 11) is 0. The van der Waals surface area contributed by atoms with Crippen LogP contribution in [0.15, 0.2) is 59.7 Å². The molecule has 1 unspecified atom stereocenters. The van der Waals surface area contributed by atoms with Crippen LogP contribution in [-0.2, 0) is 19.9 Å². The predicted octanol–water partition coefficient (Wildman–Crippen LogP) is 4.12. The largest absolute Gasteiger partial charge is 0.480 e. The molecule has 2 aliphatic heterocycles. The number of hydrogen-bond donors (Lipinski definition) is 2. The maximum atomic E-state index is 13.3. The lowest BCUT2D eigenvalue weighted by Crippen LogP contribution is -2.39. The van der Waals surface area contributed by atoms with Gasteiger partial charge < -0.3 is 24.6 Å². The fourth-order valence-corrected chi connectivity index (χ4v) is 4.78. The van der Waals surface area contributed by atoms with Crippen molar-refractivity contribution in [2.45, 2.75) is 12.5 Å². The van der Waals surface area contributed by atoms with E-state index >= 15 is 0 Å². The number of aryl methyl sites for hydroxylation is 1. The molecule has 12 heteroatoms. The first-order chi connectivity index (χ1) is 18.1. The van der Waals surface area contributed by atoms with Crippen LogP contribution < -0.4 is 4.74 Å². The van der Waals surface area contributed by atoms with E-state index in [-0.39, 0.29) is 11.1 Å². The molecule has 1 atom stereocenters. The summed E-state index contributed by atoms with van der Waals surface area (Å²) in [5, 5.41) is 21.8. The van der Waals surface area contributed by atoms with E-state index in [0.29, 0.717) is 38.8 Å². The van der Waals surface area contributed by atoms with E-state index in [0.717, 1.165) is 5.56 Å². The highest BCUT2D eigenvalue weighted by Gasteiger charge is 2.53. The van der Waals surface area contributed by atoms with Crippen molar-refractivity contribution in [1.82, 2.24) is 4.90 Å². The van der Waals surface area contributed by atoms with Gasteiger partial charge in [0.25, 0.3) is 5.91 Å². The van der Waals surface area contributed by atoms with Crippen LogP contribution in [0.1, 0.15) is 43.0 Å². The molecular formula is C26H18N4O8. The lowest BCUT2D eigenvalue weighted by Gasteiger charge is -2.36. The third kappa shape index (κ3) is 3.85. The van der Waals surface area contributed by atoms with E-state index in [1.165, 1.54) is 24.3 Å². The van der Waals surface area contributed by atoms with E-state index in [4.69, 9.17) is 25.2 Å². The number of benzene rings is 3. The van der Waals surface area contributed by atoms with Crippen molar-refractivity contribution in [3.8, 4) is 11.5 Å². The number of nitrogens with zero attached hydrogens (tertiary/aromatic N) is 4. The fraction of sp³-hybridized carbons (Fsp3) is 0.154. The van der Waals surface area contributed by atoms with E-state index in [2.05, 4.69) is 10.0 Å². The highest BCUT2D eigenvalue weighted by atomic mass is 16.6. The summed E-state index contributed by atoms with van der Waals surface area (Å²) in [5.41, 5.74) is 9.98. The topological polar surface area (TPSA) is 179 Å². The van der Waals surface area contributed by atoms with Crippen molar-refractivity contribution in [2.75, 3.05) is 13.1 Å². The molecule has 2 N–H and O–H groups in total. The number of azide groups is 1. The number of aliphatic carboxylic acids is 2. The first-order valence-corrected chi connectivity index (χ1v) is 11.2. The maximum absolute atomic E-state index is 13.3. The zero-order chi connectivity index (χ0) is 27.2. The highest BCUT2D eigenvalue weighted by molar-refractivity contribution is 6.03. The summed E-state index contributed by atoms with van der Waals surface area (Å²) in [6.07, 6.45) is 0. The number of hydrogen-bond acceptors (Lipinski definition) is 7. The van der Waals surface area contributed by atoms with Gasteiger partial charge in [0.05, 0.1) is 5.56 Å². The van der Waals surface area contributed by atoms with Crippen LogP contribution in [0.5, 0.6) is 11.5 Å². The van der Waals surface area contributed by atoms with Gasteiger partial charge in [-0.25, -0.2) is 4.79 Å². The summed E-state index contributed by atoms with van der Waals surface area (Å²) in [6.45, 7) is 0.206. The lowest BCUT2D eigenvalue weighted by atomic mass is 9.77. The van der Waals surface area contributed by atoms with Crippen LogP contribution in [0.3, 0.4) is 0 Å². The average molecular weight is 514 g/mol. The van der Waals surface area contributed by atoms with Crippen LogP contribution in [-0.4, -0.2) is 52.0 Å². The summed E-state index contributed by atoms with van der Waals surface area (Å²) in [5.74, 6) is -3.65. The van der Waals surface area contributed by atoms with Gasteiger partial charge in [-0.1, -0.05) is 35.4 Å². The predicted molar refractivity (Wildman–Crippen MR) is 129 cm³/mol. The van der Waals surface area contributed by atoms with Crippen molar-refractivity contribution in [1.29, 1.82) is 0 Å². The van der Waals surface area contributed by atoms with Crippen LogP contribution >= 0.6 is 0 Å². The fourth-order valence-electron chi connectivity index (χ4n) is 4.78. The Hall–Kier alpha value is -5.35. The zero-order valence-corrected chi connectivity index (χ0v) is 19.7. The Labute approximate surface area is 214 Å². The lowest BCUT2D eigenvalue weighted by molar-refractivity contribution is -0.140. The molecule has 1 amide bonds. The number of esters is 1. The molecule has 1 spiro atoms. The summed E-state index contributed by atoms with van der Waals surface area (Å²) >= 11 is 0. The number of carboxylic acid groups (broad SMARTS) is 2. The first-order valence-electron chi connectivity index (χ1n) is 11.2. The minimum atomic E-state index is -1.44. The molecule has 12 nitrogen and oxygen atoms in total. The molecule has 0 bridgehead atoms. The standard InChI is InChI=1S/C26H18N4O8/c1-13-2-5-18-20(8-13)37-21-10-15(28-29-27)4-7-19(21)26(18)17-6-3-14(9-16(17)25(36)38-26)24(35)30(11-22(31)32)12-23(33)34/h2-10H,11-12H2,1H3,(H,31,32)(H,33,34). The number of carbonyl (C=O) groups excluding carboxylic acids is 2. The van der Waals surface area contributed by atoms with E-state index < -0.39 is 42.5 Å². The molecule has 0 aromatic heterocycles. The highest BCUT2D eigenvalue weighted by Crippen LogP contribution is 2.56. The van der Waals surface area contributed by atoms with Gasteiger partial charge in [-0.15, -0.1) is 0 Å². The van der Waals surface area contributed by atoms with Crippen molar-refractivity contribution in [3.05, 3.63) is 98.4 Å². The second-order valence-electron chi connectivity index (χ2n) is 8.75. The maximum Gasteiger partial charge on any atom is 0.340 e. The van der Waals surface area contributed by atoms with Gasteiger partial charge in [-0.05, 0) is 42.3 Å². The van der Waals surface area contributed by atoms with Gasteiger partial charge in [0.15, 0.2) is 5.60 Å². The molecule has 190 valence electrons.